The van der Waals surface area contributed by atoms with Gasteiger partial charge in [0.1, 0.15) is 6.61 Å². The Labute approximate surface area is 123 Å². The first-order valence-corrected chi connectivity index (χ1v) is 6.63. The summed E-state index contributed by atoms with van der Waals surface area (Å²) in [6.07, 6.45) is 0. The van der Waals surface area contributed by atoms with Crippen molar-refractivity contribution in [2.24, 2.45) is 0 Å². The summed E-state index contributed by atoms with van der Waals surface area (Å²) in [5, 5.41) is 0.456. The second kappa shape index (κ2) is 5.97. The number of carbonyl (C=O) groups excluding carboxylic acids is 1. The van der Waals surface area contributed by atoms with E-state index in [0.717, 1.165) is 16.7 Å². The number of halogens is 1. The molecule has 3 nitrogen and oxygen atoms in total. The van der Waals surface area contributed by atoms with E-state index >= 15 is 0 Å². The molecule has 0 aliphatic carbocycles. The molecule has 0 bridgehead atoms. The number of nitrogens with two attached hydrogens (primary N) is 1. The predicted molar refractivity (Wildman–Crippen MR) is 80.9 cm³/mol. The maximum atomic E-state index is 12.0. The molecule has 0 aromatic heterocycles. The fraction of sp³-hybridized carbons (Fsp3) is 0.188. The van der Waals surface area contributed by atoms with E-state index in [0.29, 0.717) is 16.3 Å². The van der Waals surface area contributed by atoms with Gasteiger partial charge in [-0.3, -0.25) is 0 Å². The second-order valence-corrected chi connectivity index (χ2v) is 5.24. The van der Waals surface area contributed by atoms with Crippen LogP contribution >= 0.6 is 11.6 Å². The van der Waals surface area contributed by atoms with Crippen LogP contribution in [0.25, 0.3) is 0 Å². The van der Waals surface area contributed by atoms with Gasteiger partial charge in [0.25, 0.3) is 0 Å². The van der Waals surface area contributed by atoms with Crippen LogP contribution in [-0.2, 0) is 11.3 Å². The smallest absolute Gasteiger partial charge is 0.340 e. The fourth-order valence-corrected chi connectivity index (χ4v) is 2.26. The van der Waals surface area contributed by atoms with Gasteiger partial charge in [0.05, 0.1) is 5.56 Å². The van der Waals surface area contributed by atoms with Crippen molar-refractivity contribution in [2.75, 3.05) is 5.73 Å². The standard InChI is InChI=1S/C16H16ClNO2/c1-10-5-11(2)7-12(6-10)9-20-16(19)14-8-13(17)3-4-15(14)18/h3-8H,9,18H2,1-2H3. The molecule has 0 saturated carbocycles. The zero-order valence-electron chi connectivity index (χ0n) is 11.4. The Morgan fingerprint density at radius 2 is 1.80 bits per heavy atom. The van der Waals surface area contributed by atoms with Crippen molar-refractivity contribution < 1.29 is 9.53 Å². The summed E-state index contributed by atoms with van der Waals surface area (Å²) in [5.74, 6) is -0.468. The van der Waals surface area contributed by atoms with E-state index in [4.69, 9.17) is 22.1 Å². The summed E-state index contributed by atoms with van der Waals surface area (Å²) in [6.45, 7) is 4.23. The van der Waals surface area contributed by atoms with Crippen LogP contribution in [0.2, 0.25) is 5.02 Å². The van der Waals surface area contributed by atoms with Gasteiger partial charge in [-0.1, -0.05) is 40.9 Å². The number of nitrogen functional groups attached to an aromatic ring is 1. The number of esters is 1. The number of ether oxygens (including phenoxy) is 1. The molecule has 0 heterocycles. The first-order valence-electron chi connectivity index (χ1n) is 6.25. The molecule has 2 aromatic rings. The van der Waals surface area contributed by atoms with E-state index in [2.05, 4.69) is 6.07 Å². The molecule has 0 spiro atoms. The van der Waals surface area contributed by atoms with E-state index in [-0.39, 0.29) is 6.61 Å². The summed E-state index contributed by atoms with van der Waals surface area (Å²) in [6, 6.07) is 10.8. The lowest BCUT2D eigenvalue weighted by Gasteiger charge is -2.09. The molecule has 4 heteroatoms. The average Bonchev–Trinajstić information content (AvgIpc) is 2.38. The first-order chi connectivity index (χ1) is 9.45. The van der Waals surface area contributed by atoms with Crippen LogP contribution in [0.15, 0.2) is 36.4 Å². The van der Waals surface area contributed by atoms with Gasteiger partial charge < -0.3 is 10.5 Å². The Bertz CT molecular complexity index is 633. The third kappa shape index (κ3) is 3.52. The van der Waals surface area contributed by atoms with Crippen LogP contribution in [0.5, 0.6) is 0 Å². The minimum absolute atomic E-state index is 0.216. The molecule has 2 rings (SSSR count). The van der Waals surface area contributed by atoms with E-state index in [1.165, 1.54) is 6.07 Å². The van der Waals surface area contributed by atoms with E-state index in [1.807, 2.05) is 26.0 Å². The van der Waals surface area contributed by atoms with Crippen LogP contribution in [0, 0.1) is 13.8 Å². The summed E-state index contributed by atoms with van der Waals surface area (Å²) in [5.41, 5.74) is 9.63. The number of anilines is 1. The number of aryl methyl sites for hydroxylation is 2. The Morgan fingerprint density at radius 3 is 2.45 bits per heavy atom. The van der Waals surface area contributed by atoms with Gasteiger partial charge in [-0.2, -0.15) is 0 Å². The minimum atomic E-state index is -0.468. The normalized spacial score (nSPS) is 10.3. The maximum Gasteiger partial charge on any atom is 0.340 e. The highest BCUT2D eigenvalue weighted by molar-refractivity contribution is 6.31. The van der Waals surface area contributed by atoms with Crippen molar-refractivity contribution in [3.8, 4) is 0 Å². The molecule has 0 amide bonds. The third-order valence-corrected chi connectivity index (χ3v) is 3.12. The molecular weight excluding hydrogens is 274 g/mol. The zero-order valence-corrected chi connectivity index (χ0v) is 12.2. The van der Waals surface area contributed by atoms with Crippen LogP contribution < -0.4 is 5.73 Å². The minimum Gasteiger partial charge on any atom is -0.457 e. The molecule has 0 aliphatic rings. The Balaban J connectivity index is 2.10. The monoisotopic (exact) mass is 289 g/mol. The van der Waals surface area contributed by atoms with Crippen molar-refractivity contribution >= 4 is 23.3 Å². The number of hydrogen-bond acceptors (Lipinski definition) is 3. The molecule has 0 radical (unpaired) electrons. The summed E-state index contributed by atoms with van der Waals surface area (Å²) >= 11 is 5.86. The summed E-state index contributed by atoms with van der Waals surface area (Å²) < 4.78 is 5.28. The highest BCUT2D eigenvalue weighted by Gasteiger charge is 2.12. The lowest BCUT2D eigenvalue weighted by atomic mass is 10.1. The molecule has 104 valence electrons. The Morgan fingerprint density at radius 1 is 1.15 bits per heavy atom. The predicted octanol–water partition coefficient (Wildman–Crippen LogP) is 3.90. The quantitative estimate of drug-likeness (QED) is 0.689. The first kappa shape index (κ1) is 14.4. The van der Waals surface area contributed by atoms with Gasteiger partial charge in [0, 0.05) is 10.7 Å². The number of rotatable bonds is 3. The van der Waals surface area contributed by atoms with Crippen molar-refractivity contribution in [1.29, 1.82) is 0 Å². The average molecular weight is 290 g/mol. The summed E-state index contributed by atoms with van der Waals surface area (Å²) in [4.78, 5) is 12.0. The molecule has 0 fully saturated rings. The van der Waals surface area contributed by atoms with Crippen LogP contribution in [0.3, 0.4) is 0 Å². The molecule has 2 N–H and O–H groups in total. The molecule has 0 saturated heterocycles. The van der Waals surface area contributed by atoms with Gasteiger partial charge in [-0.15, -0.1) is 0 Å². The van der Waals surface area contributed by atoms with Gasteiger partial charge in [-0.05, 0) is 37.6 Å². The van der Waals surface area contributed by atoms with Gasteiger partial charge in [0.2, 0.25) is 0 Å². The van der Waals surface area contributed by atoms with Crippen molar-refractivity contribution in [1.82, 2.24) is 0 Å². The largest absolute Gasteiger partial charge is 0.457 e. The highest BCUT2D eigenvalue weighted by Crippen LogP contribution is 2.19. The molecule has 2 aromatic carbocycles. The topological polar surface area (TPSA) is 52.3 Å². The van der Waals surface area contributed by atoms with Crippen molar-refractivity contribution in [3.05, 3.63) is 63.7 Å². The second-order valence-electron chi connectivity index (χ2n) is 4.80. The van der Waals surface area contributed by atoms with E-state index < -0.39 is 5.97 Å². The Hall–Kier alpha value is -2.00. The van der Waals surface area contributed by atoms with Gasteiger partial charge >= 0.3 is 5.97 Å². The number of benzene rings is 2. The van der Waals surface area contributed by atoms with Gasteiger partial charge in [0.15, 0.2) is 0 Å². The number of hydrogen-bond donors (Lipinski definition) is 1. The van der Waals surface area contributed by atoms with E-state index in [9.17, 15) is 4.79 Å². The fourth-order valence-electron chi connectivity index (χ4n) is 2.08. The highest BCUT2D eigenvalue weighted by atomic mass is 35.5. The molecule has 20 heavy (non-hydrogen) atoms. The molecular formula is C16H16ClNO2. The Kier molecular flexibility index (Phi) is 4.30. The van der Waals surface area contributed by atoms with Crippen LogP contribution in [0.4, 0.5) is 5.69 Å². The summed E-state index contributed by atoms with van der Waals surface area (Å²) in [7, 11) is 0. The molecule has 0 atom stereocenters. The van der Waals surface area contributed by atoms with Crippen LogP contribution in [-0.4, -0.2) is 5.97 Å². The maximum absolute atomic E-state index is 12.0. The van der Waals surface area contributed by atoms with E-state index in [1.54, 1.807) is 12.1 Å². The third-order valence-electron chi connectivity index (χ3n) is 2.89. The lowest BCUT2D eigenvalue weighted by molar-refractivity contribution is 0.0474. The lowest BCUT2D eigenvalue weighted by Crippen LogP contribution is -2.08. The number of carbonyl (C=O) groups is 1. The van der Waals surface area contributed by atoms with Crippen molar-refractivity contribution in [3.63, 3.8) is 0 Å². The SMILES string of the molecule is Cc1cc(C)cc(COC(=O)c2cc(Cl)ccc2N)c1. The van der Waals surface area contributed by atoms with Crippen LogP contribution in [0.1, 0.15) is 27.0 Å². The van der Waals surface area contributed by atoms with Crippen molar-refractivity contribution in [2.45, 2.75) is 20.5 Å². The molecule has 0 unspecified atom stereocenters. The molecule has 0 aliphatic heterocycles. The zero-order chi connectivity index (χ0) is 14.7. The van der Waals surface area contributed by atoms with Gasteiger partial charge in [-0.25, -0.2) is 4.79 Å².